The Kier molecular flexibility index (Phi) is 4.38. The fourth-order valence-electron chi connectivity index (χ4n) is 2.21. The predicted molar refractivity (Wildman–Crippen MR) is 80.2 cm³/mol. The summed E-state index contributed by atoms with van der Waals surface area (Å²) in [7, 11) is 0. The summed E-state index contributed by atoms with van der Waals surface area (Å²) in [6, 6.07) is 8.95. The summed E-state index contributed by atoms with van der Waals surface area (Å²) in [6.45, 7) is 10.4. The van der Waals surface area contributed by atoms with Gasteiger partial charge in [0.05, 0.1) is 5.69 Å². The smallest absolute Gasteiger partial charge is 0.0672 e. The number of benzene rings is 1. The third-order valence-electron chi connectivity index (χ3n) is 3.32. The highest BCUT2D eigenvalue weighted by atomic mass is 15.3. The van der Waals surface area contributed by atoms with Crippen molar-refractivity contribution in [2.24, 2.45) is 0 Å². The van der Waals surface area contributed by atoms with Gasteiger partial charge in [-0.2, -0.15) is 5.10 Å². The minimum atomic E-state index is 0.397. The molecule has 0 unspecified atom stereocenters. The van der Waals surface area contributed by atoms with E-state index in [9.17, 15) is 0 Å². The largest absolute Gasteiger partial charge is 0.313 e. The van der Waals surface area contributed by atoms with Gasteiger partial charge in [-0.25, -0.2) is 0 Å². The van der Waals surface area contributed by atoms with E-state index in [1.165, 1.54) is 16.7 Å². The van der Waals surface area contributed by atoms with E-state index in [1.807, 2.05) is 4.68 Å². The van der Waals surface area contributed by atoms with Crippen LogP contribution in [0, 0.1) is 6.92 Å². The number of nitrogens with zero attached hydrogens (tertiary/aromatic N) is 2. The van der Waals surface area contributed by atoms with Crippen molar-refractivity contribution in [3.8, 4) is 11.1 Å². The second kappa shape index (κ2) is 6.02. The molecule has 19 heavy (non-hydrogen) atoms. The molecule has 2 rings (SSSR count). The standard InChI is InChI=1S/C16H23N3/c1-5-17-10-14-8-6-7-9-15(14)16-11-19(12(2)3)18-13(16)4/h6-9,11-12,17H,5,10H2,1-4H3. The number of aryl methyl sites for hydroxylation is 1. The van der Waals surface area contributed by atoms with Crippen LogP contribution in [0.2, 0.25) is 0 Å². The van der Waals surface area contributed by atoms with E-state index in [2.05, 4.69) is 68.6 Å². The lowest BCUT2D eigenvalue weighted by atomic mass is 10.0. The molecule has 0 atom stereocenters. The van der Waals surface area contributed by atoms with E-state index in [-0.39, 0.29) is 0 Å². The van der Waals surface area contributed by atoms with Crippen LogP contribution >= 0.6 is 0 Å². The fraction of sp³-hybridized carbons (Fsp3) is 0.438. The molecule has 3 heteroatoms. The molecule has 0 radical (unpaired) electrons. The summed E-state index contributed by atoms with van der Waals surface area (Å²) < 4.78 is 2.04. The minimum Gasteiger partial charge on any atom is -0.313 e. The molecule has 0 amide bonds. The van der Waals surface area contributed by atoms with Crippen molar-refractivity contribution >= 4 is 0 Å². The van der Waals surface area contributed by atoms with Crippen LogP contribution in [-0.2, 0) is 6.54 Å². The van der Waals surface area contributed by atoms with Crippen LogP contribution < -0.4 is 5.32 Å². The Labute approximate surface area is 115 Å². The molecular weight excluding hydrogens is 234 g/mol. The lowest BCUT2D eigenvalue weighted by Crippen LogP contribution is -2.12. The van der Waals surface area contributed by atoms with Crippen LogP contribution in [0.4, 0.5) is 0 Å². The Hall–Kier alpha value is -1.61. The Morgan fingerprint density at radius 3 is 2.58 bits per heavy atom. The van der Waals surface area contributed by atoms with Crippen molar-refractivity contribution in [3.63, 3.8) is 0 Å². The third-order valence-corrected chi connectivity index (χ3v) is 3.32. The van der Waals surface area contributed by atoms with Gasteiger partial charge in [0.2, 0.25) is 0 Å². The number of hydrogen-bond donors (Lipinski definition) is 1. The van der Waals surface area contributed by atoms with Gasteiger partial charge < -0.3 is 5.32 Å². The number of hydrogen-bond acceptors (Lipinski definition) is 2. The SMILES string of the molecule is CCNCc1ccccc1-c1cn(C(C)C)nc1C. The van der Waals surface area contributed by atoms with Crippen molar-refractivity contribution < 1.29 is 0 Å². The van der Waals surface area contributed by atoms with Gasteiger partial charge in [-0.15, -0.1) is 0 Å². The number of rotatable bonds is 5. The molecule has 1 N–H and O–H groups in total. The van der Waals surface area contributed by atoms with Crippen molar-refractivity contribution in [2.45, 2.75) is 40.3 Å². The lowest BCUT2D eigenvalue weighted by Gasteiger charge is -2.09. The van der Waals surface area contributed by atoms with Gasteiger partial charge in [-0.3, -0.25) is 4.68 Å². The van der Waals surface area contributed by atoms with Crippen molar-refractivity contribution in [1.29, 1.82) is 0 Å². The highest BCUT2D eigenvalue weighted by molar-refractivity contribution is 5.68. The van der Waals surface area contributed by atoms with E-state index in [0.29, 0.717) is 6.04 Å². The van der Waals surface area contributed by atoms with E-state index in [1.54, 1.807) is 0 Å². The molecule has 1 aromatic carbocycles. The summed E-state index contributed by atoms with van der Waals surface area (Å²) in [4.78, 5) is 0. The van der Waals surface area contributed by atoms with Crippen LogP contribution in [-0.4, -0.2) is 16.3 Å². The van der Waals surface area contributed by atoms with Gasteiger partial charge in [0.25, 0.3) is 0 Å². The van der Waals surface area contributed by atoms with Crippen molar-refractivity contribution in [2.75, 3.05) is 6.54 Å². The first-order valence-electron chi connectivity index (χ1n) is 6.98. The minimum absolute atomic E-state index is 0.397. The zero-order valence-corrected chi connectivity index (χ0v) is 12.3. The zero-order valence-electron chi connectivity index (χ0n) is 12.3. The summed E-state index contributed by atoms with van der Waals surface area (Å²) in [5.41, 5.74) is 4.95. The monoisotopic (exact) mass is 257 g/mol. The highest BCUT2D eigenvalue weighted by Gasteiger charge is 2.12. The van der Waals surface area contributed by atoms with Crippen molar-refractivity contribution in [3.05, 3.63) is 41.7 Å². The van der Waals surface area contributed by atoms with Gasteiger partial charge in [-0.05, 0) is 38.4 Å². The summed E-state index contributed by atoms with van der Waals surface area (Å²) >= 11 is 0. The summed E-state index contributed by atoms with van der Waals surface area (Å²) in [6.07, 6.45) is 2.16. The summed E-state index contributed by atoms with van der Waals surface area (Å²) in [5.74, 6) is 0. The second-order valence-corrected chi connectivity index (χ2v) is 5.14. The van der Waals surface area contributed by atoms with E-state index < -0.39 is 0 Å². The molecule has 2 aromatic rings. The van der Waals surface area contributed by atoms with Gasteiger partial charge in [0.15, 0.2) is 0 Å². The molecular formula is C16H23N3. The maximum Gasteiger partial charge on any atom is 0.0672 e. The van der Waals surface area contributed by atoms with Crippen LogP contribution in [0.15, 0.2) is 30.5 Å². The van der Waals surface area contributed by atoms with Gasteiger partial charge in [0.1, 0.15) is 0 Å². The molecule has 0 saturated heterocycles. The Bertz CT molecular complexity index is 541. The van der Waals surface area contributed by atoms with E-state index in [0.717, 1.165) is 18.8 Å². The first kappa shape index (κ1) is 13.8. The molecule has 1 aromatic heterocycles. The maximum absolute atomic E-state index is 4.60. The maximum atomic E-state index is 4.60. The third kappa shape index (κ3) is 3.04. The topological polar surface area (TPSA) is 29.9 Å². The number of nitrogens with one attached hydrogen (secondary N) is 1. The zero-order chi connectivity index (χ0) is 13.8. The molecule has 0 fully saturated rings. The van der Waals surface area contributed by atoms with Gasteiger partial charge >= 0.3 is 0 Å². The molecule has 0 aliphatic heterocycles. The Morgan fingerprint density at radius 1 is 1.21 bits per heavy atom. The summed E-state index contributed by atoms with van der Waals surface area (Å²) in [5, 5.41) is 8.00. The van der Waals surface area contributed by atoms with Gasteiger partial charge in [-0.1, -0.05) is 31.2 Å². The molecule has 0 spiro atoms. The van der Waals surface area contributed by atoms with Gasteiger partial charge in [0, 0.05) is 24.3 Å². The molecule has 0 aliphatic carbocycles. The second-order valence-electron chi connectivity index (χ2n) is 5.14. The normalized spacial score (nSPS) is 11.2. The lowest BCUT2D eigenvalue weighted by molar-refractivity contribution is 0.529. The van der Waals surface area contributed by atoms with E-state index >= 15 is 0 Å². The first-order chi connectivity index (χ1) is 9.13. The molecule has 1 heterocycles. The molecule has 3 nitrogen and oxygen atoms in total. The quantitative estimate of drug-likeness (QED) is 0.887. The Morgan fingerprint density at radius 2 is 1.95 bits per heavy atom. The van der Waals surface area contributed by atoms with Crippen LogP contribution in [0.1, 0.15) is 38.1 Å². The Balaban J connectivity index is 2.40. The average molecular weight is 257 g/mol. The van der Waals surface area contributed by atoms with Crippen LogP contribution in [0.5, 0.6) is 0 Å². The van der Waals surface area contributed by atoms with E-state index in [4.69, 9.17) is 0 Å². The fourth-order valence-corrected chi connectivity index (χ4v) is 2.21. The molecule has 0 saturated carbocycles. The predicted octanol–water partition coefficient (Wildman–Crippen LogP) is 3.55. The average Bonchev–Trinajstić information content (AvgIpc) is 2.79. The molecule has 102 valence electrons. The van der Waals surface area contributed by atoms with Crippen LogP contribution in [0.25, 0.3) is 11.1 Å². The highest BCUT2D eigenvalue weighted by Crippen LogP contribution is 2.27. The van der Waals surface area contributed by atoms with Crippen molar-refractivity contribution in [1.82, 2.24) is 15.1 Å². The molecule has 0 aliphatic rings. The van der Waals surface area contributed by atoms with Crippen LogP contribution in [0.3, 0.4) is 0 Å². The molecule has 0 bridgehead atoms. The number of aromatic nitrogens is 2. The first-order valence-corrected chi connectivity index (χ1v) is 6.98.